The minimum Gasteiger partial charge on any atom is -0.443 e. The second-order valence-electron chi connectivity index (χ2n) is 5.15. The van der Waals surface area contributed by atoms with Crippen LogP contribution in [0.2, 0.25) is 0 Å². The van der Waals surface area contributed by atoms with E-state index in [1.807, 2.05) is 67.6 Å². The lowest BCUT2D eigenvalue weighted by Crippen LogP contribution is -2.34. The zero-order valence-corrected chi connectivity index (χ0v) is 13.4. The second kappa shape index (κ2) is 9.32. The van der Waals surface area contributed by atoms with Crippen LogP contribution in [0.25, 0.3) is 0 Å². The van der Waals surface area contributed by atoms with Gasteiger partial charge in [-0.15, -0.1) is 0 Å². The SMILES string of the molecule is CC(NC(=O)CONC(=O)OCc1ccccc1)c1ccccc1. The number of ether oxygens (including phenoxy) is 1. The minimum atomic E-state index is -0.747. The van der Waals surface area contributed by atoms with Crippen LogP contribution in [0.3, 0.4) is 0 Å². The molecule has 0 radical (unpaired) electrons. The number of carbonyl (C=O) groups excluding carboxylic acids is 2. The zero-order chi connectivity index (χ0) is 17.2. The number of amides is 2. The summed E-state index contributed by atoms with van der Waals surface area (Å²) in [4.78, 5) is 28.1. The first-order valence-corrected chi connectivity index (χ1v) is 7.58. The van der Waals surface area contributed by atoms with Crippen LogP contribution < -0.4 is 10.8 Å². The third-order valence-corrected chi connectivity index (χ3v) is 3.25. The summed E-state index contributed by atoms with van der Waals surface area (Å²) in [5, 5.41) is 2.77. The van der Waals surface area contributed by atoms with E-state index < -0.39 is 6.09 Å². The Kier molecular flexibility index (Phi) is 6.79. The molecule has 24 heavy (non-hydrogen) atoms. The molecule has 6 heteroatoms. The molecule has 2 aromatic rings. The van der Waals surface area contributed by atoms with Crippen LogP contribution in [-0.2, 0) is 21.0 Å². The van der Waals surface area contributed by atoms with Crippen LogP contribution in [0.4, 0.5) is 4.79 Å². The van der Waals surface area contributed by atoms with Gasteiger partial charge in [-0.1, -0.05) is 60.7 Å². The first-order chi connectivity index (χ1) is 11.6. The molecule has 0 heterocycles. The predicted molar refractivity (Wildman–Crippen MR) is 88.7 cm³/mol. The third kappa shape index (κ3) is 6.10. The van der Waals surface area contributed by atoms with Gasteiger partial charge in [0.1, 0.15) is 6.61 Å². The molecule has 2 amide bonds. The normalized spacial score (nSPS) is 11.4. The van der Waals surface area contributed by atoms with Crippen molar-refractivity contribution in [1.82, 2.24) is 10.8 Å². The molecule has 0 aromatic heterocycles. The quantitative estimate of drug-likeness (QED) is 0.766. The lowest BCUT2D eigenvalue weighted by molar-refractivity contribution is -0.128. The highest BCUT2D eigenvalue weighted by Crippen LogP contribution is 2.10. The molecule has 2 rings (SSSR count). The van der Waals surface area contributed by atoms with E-state index in [0.29, 0.717) is 0 Å². The summed E-state index contributed by atoms with van der Waals surface area (Å²) in [5.41, 5.74) is 3.92. The molecular formula is C18H20N2O4. The van der Waals surface area contributed by atoms with Gasteiger partial charge in [0.25, 0.3) is 0 Å². The molecule has 0 fully saturated rings. The number of rotatable bonds is 7. The van der Waals surface area contributed by atoms with Gasteiger partial charge in [-0.25, -0.2) is 4.79 Å². The molecule has 0 aliphatic rings. The van der Waals surface area contributed by atoms with Crippen molar-refractivity contribution in [1.29, 1.82) is 0 Å². The van der Waals surface area contributed by atoms with Gasteiger partial charge in [0, 0.05) is 0 Å². The lowest BCUT2D eigenvalue weighted by Gasteiger charge is -2.14. The molecule has 0 aliphatic carbocycles. The third-order valence-electron chi connectivity index (χ3n) is 3.25. The van der Waals surface area contributed by atoms with Crippen LogP contribution in [0.1, 0.15) is 24.1 Å². The largest absolute Gasteiger partial charge is 0.443 e. The van der Waals surface area contributed by atoms with Crippen LogP contribution >= 0.6 is 0 Å². The Labute approximate surface area is 140 Å². The maximum absolute atomic E-state index is 11.8. The number of hydrogen-bond donors (Lipinski definition) is 2. The Balaban J connectivity index is 1.62. The van der Waals surface area contributed by atoms with Crippen molar-refractivity contribution in [3.8, 4) is 0 Å². The van der Waals surface area contributed by atoms with E-state index in [0.717, 1.165) is 11.1 Å². The van der Waals surface area contributed by atoms with Crippen LogP contribution in [0.15, 0.2) is 60.7 Å². The van der Waals surface area contributed by atoms with Gasteiger partial charge >= 0.3 is 6.09 Å². The van der Waals surface area contributed by atoms with E-state index >= 15 is 0 Å². The average Bonchev–Trinajstić information content (AvgIpc) is 2.61. The van der Waals surface area contributed by atoms with Crippen molar-refractivity contribution in [2.75, 3.05) is 6.61 Å². The van der Waals surface area contributed by atoms with Crippen molar-refractivity contribution in [3.05, 3.63) is 71.8 Å². The Morgan fingerprint density at radius 3 is 2.29 bits per heavy atom. The number of hydroxylamine groups is 1. The number of hydrogen-bond acceptors (Lipinski definition) is 4. The van der Waals surface area contributed by atoms with Crippen LogP contribution in [0, 0.1) is 0 Å². The highest BCUT2D eigenvalue weighted by Gasteiger charge is 2.10. The molecule has 0 aliphatic heterocycles. The van der Waals surface area contributed by atoms with Crippen molar-refractivity contribution in [2.45, 2.75) is 19.6 Å². The molecule has 1 unspecified atom stereocenters. The van der Waals surface area contributed by atoms with E-state index in [9.17, 15) is 9.59 Å². The molecule has 2 aromatic carbocycles. The molecule has 6 nitrogen and oxygen atoms in total. The summed E-state index contributed by atoms with van der Waals surface area (Å²) < 4.78 is 4.95. The van der Waals surface area contributed by atoms with Gasteiger partial charge in [-0.2, -0.15) is 5.48 Å². The number of nitrogens with one attached hydrogen (secondary N) is 2. The van der Waals surface area contributed by atoms with E-state index in [-0.39, 0.29) is 25.2 Å². The van der Waals surface area contributed by atoms with E-state index in [1.165, 1.54) is 0 Å². The first kappa shape index (κ1) is 17.5. The fourth-order valence-electron chi connectivity index (χ4n) is 2.02. The maximum atomic E-state index is 11.8. The summed E-state index contributed by atoms with van der Waals surface area (Å²) >= 11 is 0. The highest BCUT2D eigenvalue weighted by atomic mass is 16.7. The Bertz CT molecular complexity index is 647. The monoisotopic (exact) mass is 328 g/mol. The van der Waals surface area contributed by atoms with E-state index in [4.69, 9.17) is 9.57 Å². The Morgan fingerprint density at radius 2 is 1.62 bits per heavy atom. The zero-order valence-electron chi connectivity index (χ0n) is 13.4. The molecule has 126 valence electrons. The van der Waals surface area contributed by atoms with Gasteiger partial charge in [-0.05, 0) is 18.1 Å². The summed E-state index contributed by atoms with van der Waals surface area (Å²) in [6, 6.07) is 18.7. The second-order valence-corrected chi connectivity index (χ2v) is 5.15. The van der Waals surface area contributed by atoms with Crippen LogP contribution in [-0.4, -0.2) is 18.6 Å². The molecule has 0 spiro atoms. The van der Waals surface area contributed by atoms with Gasteiger partial charge < -0.3 is 10.1 Å². The van der Waals surface area contributed by atoms with Gasteiger partial charge in [0.05, 0.1) is 6.04 Å². The molecule has 0 saturated heterocycles. The van der Waals surface area contributed by atoms with Crippen molar-refractivity contribution in [2.24, 2.45) is 0 Å². The van der Waals surface area contributed by atoms with Crippen molar-refractivity contribution >= 4 is 12.0 Å². The fraction of sp³-hybridized carbons (Fsp3) is 0.222. The van der Waals surface area contributed by atoms with E-state index in [1.54, 1.807) is 0 Å². The molecule has 0 bridgehead atoms. The Morgan fingerprint density at radius 1 is 1.00 bits per heavy atom. The van der Waals surface area contributed by atoms with Crippen molar-refractivity contribution in [3.63, 3.8) is 0 Å². The lowest BCUT2D eigenvalue weighted by atomic mass is 10.1. The summed E-state index contributed by atoms with van der Waals surface area (Å²) in [6.45, 7) is 1.71. The standard InChI is InChI=1S/C18H20N2O4/c1-14(16-10-6-3-7-11-16)19-17(21)13-24-20-18(22)23-12-15-8-4-2-5-9-15/h2-11,14H,12-13H2,1H3,(H,19,21)(H,20,22). The van der Waals surface area contributed by atoms with Crippen molar-refractivity contribution < 1.29 is 19.2 Å². The average molecular weight is 328 g/mol. The number of carbonyl (C=O) groups is 2. The topological polar surface area (TPSA) is 76.7 Å². The summed E-state index contributed by atoms with van der Waals surface area (Å²) in [6.07, 6.45) is -0.747. The predicted octanol–water partition coefficient (Wildman–Crippen LogP) is 2.72. The Hall–Kier alpha value is -2.86. The van der Waals surface area contributed by atoms with Gasteiger partial charge in [0.15, 0.2) is 6.61 Å². The fourth-order valence-corrected chi connectivity index (χ4v) is 2.02. The minimum absolute atomic E-state index is 0.132. The van der Waals surface area contributed by atoms with Gasteiger partial charge in [0.2, 0.25) is 5.91 Å². The van der Waals surface area contributed by atoms with E-state index in [2.05, 4.69) is 10.8 Å². The maximum Gasteiger partial charge on any atom is 0.431 e. The highest BCUT2D eigenvalue weighted by molar-refractivity contribution is 5.77. The molecule has 1 atom stereocenters. The van der Waals surface area contributed by atoms with Crippen LogP contribution in [0.5, 0.6) is 0 Å². The van der Waals surface area contributed by atoms with Gasteiger partial charge in [-0.3, -0.25) is 9.63 Å². The first-order valence-electron chi connectivity index (χ1n) is 7.58. The summed E-state index contributed by atoms with van der Waals surface area (Å²) in [7, 11) is 0. The molecular weight excluding hydrogens is 308 g/mol. The molecule has 2 N–H and O–H groups in total. The smallest absolute Gasteiger partial charge is 0.431 e. The summed E-state index contributed by atoms with van der Waals surface area (Å²) in [5.74, 6) is -0.338. The number of benzene rings is 2. The molecule has 0 saturated carbocycles.